The summed E-state index contributed by atoms with van der Waals surface area (Å²) in [5.74, 6) is 0. The lowest BCUT2D eigenvalue weighted by atomic mass is 9.92. The standard InChI is InChI=1S/C16H19N3O2/c17-15-6-3-5-13-10-18(11-14(13)15)9-8-12-4-1-2-7-16(12)19(20)21/h1-2,4,7,10-11,15H,3,5-6,8-9,17H2. The molecule has 0 radical (unpaired) electrons. The summed E-state index contributed by atoms with van der Waals surface area (Å²) in [5.41, 5.74) is 9.67. The molecule has 2 N–H and O–H groups in total. The van der Waals surface area contributed by atoms with E-state index in [2.05, 4.69) is 17.0 Å². The fraction of sp³-hybridized carbons (Fsp3) is 0.375. The Hall–Kier alpha value is -2.14. The van der Waals surface area contributed by atoms with Crippen LogP contribution in [0.3, 0.4) is 0 Å². The summed E-state index contributed by atoms with van der Waals surface area (Å²) >= 11 is 0. The minimum atomic E-state index is -0.314. The largest absolute Gasteiger partial charge is 0.353 e. The molecule has 0 spiro atoms. The van der Waals surface area contributed by atoms with Crippen LogP contribution in [0.1, 0.15) is 35.6 Å². The van der Waals surface area contributed by atoms with Crippen molar-refractivity contribution in [3.8, 4) is 0 Å². The van der Waals surface area contributed by atoms with Gasteiger partial charge in [-0.05, 0) is 36.8 Å². The van der Waals surface area contributed by atoms with E-state index >= 15 is 0 Å². The van der Waals surface area contributed by atoms with Crippen molar-refractivity contribution in [3.63, 3.8) is 0 Å². The fourth-order valence-electron chi connectivity index (χ4n) is 3.06. The van der Waals surface area contributed by atoms with Crippen LogP contribution in [0.15, 0.2) is 36.7 Å². The zero-order valence-electron chi connectivity index (χ0n) is 11.9. The van der Waals surface area contributed by atoms with Gasteiger partial charge in [0.25, 0.3) is 5.69 Å². The lowest BCUT2D eigenvalue weighted by Gasteiger charge is -2.17. The van der Waals surface area contributed by atoms with Gasteiger partial charge in [-0.25, -0.2) is 0 Å². The normalized spacial score (nSPS) is 17.5. The molecule has 5 nitrogen and oxygen atoms in total. The molecule has 0 fully saturated rings. The van der Waals surface area contributed by atoms with Crippen LogP contribution >= 0.6 is 0 Å². The van der Waals surface area contributed by atoms with Crippen molar-refractivity contribution < 1.29 is 4.92 Å². The SMILES string of the molecule is NC1CCCc2cn(CCc3ccccc3[N+](=O)[O-])cc21. The molecule has 1 aliphatic carbocycles. The molecular formula is C16H19N3O2. The molecule has 2 aromatic rings. The van der Waals surface area contributed by atoms with Crippen LogP contribution in [0.2, 0.25) is 0 Å². The zero-order chi connectivity index (χ0) is 14.8. The van der Waals surface area contributed by atoms with Gasteiger partial charge in [-0.3, -0.25) is 10.1 Å². The van der Waals surface area contributed by atoms with Gasteiger partial charge in [0.15, 0.2) is 0 Å². The summed E-state index contributed by atoms with van der Waals surface area (Å²) < 4.78 is 2.12. The summed E-state index contributed by atoms with van der Waals surface area (Å²) in [6, 6.07) is 7.08. The number of aryl methyl sites for hydroxylation is 3. The van der Waals surface area contributed by atoms with E-state index < -0.39 is 0 Å². The summed E-state index contributed by atoms with van der Waals surface area (Å²) in [4.78, 5) is 10.7. The second-order valence-electron chi connectivity index (χ2n) is 5.61. The number of nitrogens with zero attached hydrogens (tertiary/aromatic N) is 2. The number of para-hydroxylation sites is 1. The lowest BCUT2D eigenvalue weighted by molar-refractivity contribution is -0.385. The molecule has 110 valence electrons. The van der Waals surface area contributed by atoms with Gasteiger partial charge in [0, 0.05) is 36.6 Å². The molecule has 1 atom stereocenters. The van der Waals surface area contributed by atoms with Crippen LogP contribution in [0.4, 0.5) is 5.69 Å². The van der Waals surface area contributed by atoms with E-state index in [-0.39, 0.29) is 16.7 Å². The van der Waals surface area contributed by atoms with Crippen molar-refractivity contribution in [2.45, 2.75) is 38.3 Å². The third-order valence-corrected chi connectivity index (χ3v) is 4.19. The van der Waals surface area contributed by atoms with Crippen LogP contribution in [-0.4, -0.2) is 9.49 Å². The number of nitro benzene ring substituents is 1. The van der Waals surface area contributed by atoms with E-state index in [1.54, 1.807) is 12.1 Å². The van der Waals surface area contributed by atoms with Gasteiger partial charge in [0.05, 0.1) is 4.92 Å². The second-order valence-corrected chi connectivity index (χ2v) is 5.61. The Morgan fingerprint density at radius 3 is 2.90 bits per heavy atom. The Labute approximate surface area is 123 Å². The highest BCUT2D eigenvalue weighted by atomic mass is 16.6. The van der Waals surface area contributed by atoms with E-state index in [1.165, 1.54) is 11.1 Å². The maximum atomic E-state index is 11.0. The van der Waals surface area contributed by atoms with Gasteiger partial charge in [0.1, 0.15) is 0 Å². The third-order valence-electron chi connectivity index (χ3n) is 4.19. The molecule has 0 saturated heterocycles. The van der Waals surface area contributed by atoms with Crippen molar-refractivity contribution >= 4 is 5.69 Å². The van der Waals surface area contributed by atoms with Crippen molar-refractivity contribution in [2.24, 2.45) is 5.73 Å². The number of benzene rings is 1. The van der Waals surface area contributed by atoms with Crippen LogP contribution in [-0.2, 0) is 19.4 Å². The molecule has 3 rings (SSSR count). The number of hydrogen-bond donors (Lipinski definition) is 1. The van der Waals surface area contributed by atoms with E-state index in [9.17, 15) is 10.1 Å². The predicted molar refractivity (Wildman–Crippen MR) is 81.1 cm³/mol. The molecular weight excluding hydrogens is 266 g/mol. The van der Waals surface area contributed by atoms with E-state index in [4.69, 9.17) is 5.73 Å². The van der Waals surface area contributed by atoms with E-state index in [0.717, 1.165) is 31.4 Å². The van der Waals surface area contributed by atoms with Crippen molar-refractivity contribution in [1.82, 2.24) is 4.57 Å². The van der Waals surface area contributed by atoms with E-state index in [1.807, 2.05) is 12.1 Å². The summed E-state index contributed by atoms with van der Waals surface area (Å²) in [6.45, 7) is 0.741. The summed E-state index contributed by atoms with van der Waals surface area (Å²) in [5, 5.41) is 11.0. The van der Waals surface area contributed by atoms with Crippen molar-refractivity contribution in [2.75, 3.05) is 0 Å². The third kappa shape index (κ3) is 2.83. The second kappa shape index (κ2) is 5.69. The quantitative estimate of drug-likeness (QED) is 0.693. The lowest BCUT2D eigenvalue weighted by Crippen LogP contribution is -2.15. The van der Waals surface area contributed by atoms with Crippen molar-refractivity contribution in [1.29, 1.82) is 0 Å². The van der Waals surface area contributed by atoms with Gasteiger partial charge >= 0.3 is 0 Å². The number of fused-ring (bicyclic) bond motifs is 1. The first-order chi connectivity index (χ1) is 10.1. The van der Waals surface area contributed by atoms with Crippen LogP contribution < -0.4 is 5.73 Å². The molecule has 1 unspecified atom stereocenters. The Morgan fingerprint density at radius 1 is 1.33 bits per heavy atom. The molecule has 1 heterocycles. The number of rotatable bonds is 4. The maximum absolute atomic E-state index is 11.0. The minimum absolute atomic E-state index is 0.140. The molecule has 0 bridgehead atoms. The molecule has 1 aromatic heterocycles. The number of nitro groups is 1. The average molecular weight is 285 g/mol. The smallest absolute Gasteiger partial charge is 0.272 e. The first kappa shape index (κ1) is 13.8. The Balaban J connectivity index is 1.75. The molecule has 0 aliphatic heterocycles. The van der Waals surface area contributed by atoms with Crippen LogP contribution in [0, 0.1) is 10.1 Å². The van der Waals surface area contributed by atoms with Gasteiger partial charge in [0.2, 0.25) is 0 Å². The minimum Gasteiger partial charge on any atom is -0.353 e. The van der Waals surface area contributed by atoms with Gasteiger partial charge in [-0.1, -0.05) is 18.2 Å². The van der Waals surface area contributed by atoms with Crippen LogP contribution in [0.5, 0.6) is 0 Å². The predicted octanol–water partition coefficient (Wildman–Crippen LogP) is 2.98. The highest BCUT2D eigenvalue weighted by molar-refractivity contribution is 5.40. The molecule has 5 heteroatoms. The monoisotopic (exact) mass is 285 g/mol. The van der Waals surface area contributed by atoms with Crippen LogP contribution in [0.25, 0.3) is 0 Å². The molecule has 1 aliphatic rings. The molecule has 0 saturated carbocycles. The maximum Gasteiger partial charge on any atom is 0.272 e. The summed E-state index contributed by atoms with van der Waals surface area (Å²) in [7, 11) is 0. The molecule has 1 aromatic carbocycles. The Kier molecular flexibility index (Phi) is 3.75. The van der Waals surface area contributed by atoms with Gasteiger partial charge in [-0.15, -0.1) is 0 Å². The van der Waals surface area contributed by atoms with E-state index in [0.29, 0.717) is 6.42 Å². The first-order valence-electron chi connectivity index (χ1n) is 7.31. The average Bonchev–Trinajstić information content (AvgIpc) is 2.90. The van der Waals surface area contributed by atoms with Gasteiger partial charge < -0.3 is 10.3 Å². The number of aromatic nitrogens is 1. The number of hydrogen-bond acceptors (Lipinski definition) is 3. The molecule has 0 amide bonds. The zero-order valence-corrected chi connectivity index (χ0v) is 11.9. The van der Waals surface area contributed by atoms with Crippen molar-refractivity contribution in [3.05, 3.63) is 63.5 Å². The Bertz CT molecular complexity index is 663. The molecule has 21 heavy (non-hydrogen) atoms. The fourth-order valence-corrected chi connectivity index (χ4v) is 3.06. The number of nitrogens with two attached hydrogens (primary N) is 1. The highest BCUT2D eigenvalue weighted by Crippen LogP contribution is 2.29. The highest BCUT2D eigenvalue weighted by Gasteiger charge is 2.19. The van der Waals surface area contributed by atoms with Gasteiger partial charge in [-0.2, -0.15) is 0 Å². The Morgan fingerprint density at radius 2 is 2.14 bits per heavy atom. The first-order valence-corrected chi connectivity index (χ1v) is 7.31. The topological polar surface area (TPSA) is 74.1 Å². The summed E-state index contributed by atoms with van der Waals surface area (Å²) in [6.07, 6.45) is 8.17.